The van der Waals surface area contributed by atoms with Gasteiger partial charge in [0.15, 0.2) is 0 Å². The van der Waals surface area contributed by atoms with Crippen molar-refractivity contribution in [1.29, 1.82) is 0 Å². The molecule has 2 aromatic rings. The molecule has 0 bridgehead atoms. The number of hydrogen-bond donors (Lipinski definition) is 1. The van der Waals surface area contributed by atoms with Gasteiger partial charge in [-0.2, -0.15) is 0 Å². The van der Waals surface area contributed by atoms with E-state index in [0.717, 1.165) is 22.3 Å². The van der Waals surface area contributed by atoms with Crippen molar-refractivity contribution in [3.8, 4) is 0 Å². The van der Waals surface area contributed by atoms with E-state index in [9.17, 15) is 5.11 Å². The van der Waals surface area contributed by atoms with E-state index in [2.05, 4.69) is 34.6 Å². The lowest BCUT2D eigenvalue weighted by Gasteiger charge is -2.23. The fourth-order valence-electron chi connectivity index (χ4n) is 2.84. The summed E-state index contributed by atoms with van der Waals surface area (Å²) in [6.45, 7) is 10.4. The van der Waals surface area contributed by atoms with E-state index < -0.39 is 6.10 Å². The monoisotopic (exact) mass is 322 g/mol. The van der Waals surface area contributed by atoms with Crippen LogP contribution in [0.3, 0.4) is 0 Å². The number of aliphatic hydroxyl groups excluding tert-OH is 1. The van der Waals surface area contributed by atoms with Crippen LogP contribution in [-0.2, 0) is 0 Å². The van der Waals surface area contributed by atoms with Crippen molar-refractivity contribution >= 4 is 23.2 Å². The van der Waals surface area contributed by atoms with Gasteiger partial charge in [-0.1, -0.05) is 23.2 Å². The number of benzene rings is 2. The van der Waals surface area contributed by atoms with Gasteiger partial charge in [-0.15, -0.1) is 0 Å². The van der Waals surface area contributed by atoms with Gasteiger partial charge in [0.2, 0.25) is 0 Å². The quantitative estimate of drug-likeness (QED) is 0.761. The van der Waals surface area contributed by atoms with Gasteiger partial charge in [0.05, 0.1) is 0 Å². The van der Waals surface area contributed by atoms with Crippen LogP contribution >= 0.6 is 23.2 Å². The minimum absolute atomic E-state index is 0.535. The van der Waals surface area contributed by atoms with Gasteiger partial charge in [-0.05, 0) is 91.8 Å². The van der Waals surface area contributed by atoms with Crippen molar-refractivity contribution in [1.82, 2.24) is 0 Å². The predicted octanol–water partition coefficient (Wildman–Crippen LogP) is 5.62. The van der Waals surface area contributed by atoms with Crippen LogP contribution in [-0.4, -0.2) is 5.11 Å². The van der Waals surface area contributed by atoms with Crippen LogP contribution in [0.5, 0.6) is 0 Å². The van der Waals surface area contributed by atoms with E-state index in [4.69, 9.17) is 23.2 Å². The van der Waals surface area contributed by atoms with Crippen molar-refractivity contribution in [2.24, 2.45) is 0 Å². The Morgan fingerprint density at radius 1 is 0.714 bits per heavy atom. The van der Waals surface area contributed by atoms with Crippen LogP contribution in [0.25, 0.3) is 0 Å². The molecule has 1 unspecified atom stereocenters. The van der Waals surface area contributed by atoms with Crippen LogP contribution in [0.1, 0.15) is 45.0 Å². The van der Waals surface area contributed by atoms with Gasteiger partial charge in [-0.25, -0.2) is 0 Å². The number of halogens is 2. The SMILES string of the molecule is Cc1c(C)c(C)c(C(O)c2cc(Cl)cc(Cl)c2)c(C)c1C. The molecule has 1 nitrogen and oxygen atoms in total. The average molecular weight is 323 g/mol. The lowest BCUT2D eigenvalue weighted by Crippen LogP contribution is -2.09. The van der Waals surface area contributed by atoms with E-state index in [-0.39, 0.29) is 0 Å². The van der Waals surface area contributed by atoms with E-state index in [1.165, 1.54) is 16.7 Å². The summed E-state index contributed by atoms with van der Waals surface area (Å²) < 4.78 is 0. The summed E-state index contributed by atoms with van der Waals surface area (Å²) in [5, 5.41) is 11.9. The molecule has 0 saturated carbocycles. The Kier molecular flexibility index (Phi) is 4.67. The summed E-state index contributed by atoms with van der Waals surface area (Å²) in [6, 6.07) is 5.20. The Morgan fingerprint density at radius 3 is 1.52 bits per heavy atom. The molecule has 0 heterocycles. The lowest BCUT2D eigenvalue weighted by molar-refractivity contribution is 0.218. The maximum absolute atomic E-state index is 10.8. The van der Waals surface area contributed by atoms with Crippen molar-refractivity contribution in [2.75, 3.05) is 0 Å². The fourth-order valence-corrected chi connectivity index (χ4v) is 3.38. The first kappa shape index (κ1) is 16.4. The Hall–Kier alpha value is -1.02. The van der Waals surface area contributed by atoms with Crippen LogP contribution in [0, 0.1) is 34.6 Å². The molecule has 2 aromatic carbocycles. The zero-order chi connectivity index (χ0) is 15.9. The number of rotatable bonds is 2. The second kappa shape index (κ2) is 6.00. The standard InChI is InChI=1S/C18H20Cl2O/c1-9-10(2)12(4)17(13(5)11(9)3)18(21)14-6-15(19)8-16(20)7-14/h6-8,18,21H,1-5H3. The highest BCUT2D eigenvalue weighted by atomic mass is 35.5. The first-order chi connectivity index (χ1) is 9.73. The maximum atomic E-state index is 10.8. The highest BCUT2D eigenvalue weighted by Crippen LogP contribution is 2.35. The van der Waals surface area contributed by atoms with E-state index >= 15 is 0 Å². The fraction of sp³-hybridized carbons (Fsp3) is 0.333. The summed E-state index contributed by atoms with van der Waals surface area (Å²) in [7, 11) is 0. The molecule has 0 spiro atoms. The third-order valence-corrected chi connectivity index (χ3v) is 4.97. The Balaban J connectivity index is 2.66. The molecule has 1 N–H and O–H groups in total. The average Bonchev–Trinajstić information content (AvgIpc) is 2.42. The summed E-state index contributed by atoms with van der Waals surface area (Å²) >= 11 is 12.1. The minimum atomic E-state index is -0.723. The Bertz CT molecular complexity index is 656. The van der Waals surface area contributed by atoms with Crippen LogP contribution in [0.2, 0.25) is 10.0 Å². The minimum Gasteiger partial charge on any atom is -0.384 e. The summed E-state index contributed by atoms with van der Waals surface area (Å²) in [5.41, 5.74) is 7.65. The molecule has 0 radical (unpaired) electrons. The van der Waals surface area contributed by atoms with Gasteiger partial charge in [0, 0.05) is 10.0 Å². The molecular formula is C18H20Cl2O. The lowest BCUT2D eigenvalue weighted by atomic mass is 9.85. The maximum Gasteiger partial charge on any atom is 0.105 e. The first-order valence-corrected chi connectivity index (χ1v) is 7.70. The van der Waals surface area contributed by atoms with E-state index in [1.807, 2.05) is 0 Å². The Morgan fingerprint density at radius 2 is 1.10 bits per heavy atom. The molecule has 0 aliphatic carbocycles. The zero-order valence-corrected chi connectivity index (χ0v) is 14.5. The van der Waals surface area contributed by atoms with Gasteiger partial charge in [0.25, 0.3) is 0 Å². The van der Waals surface area contributed by atoms with Crippen LogP contribution in [0.15, 0.2) is 18.2 Å². The van der Waals surface area contributed by atoms with Gasteiger partial charge in [0.1, 0.15) is 6.10 Å². The van der Waals surface area contributed by atoms with Crippen molar-refractivity contribution in [3.05, 3.63) is 67.2 Å². The first-order valence-electron chi connectivity index (χ1n) is 6.95. The third-order valence-electron chi connectivity index (χ3n) is 4.53. The second-order valence-corrected chi connectivity index (χ2v) is 6.52. The molecule has 0 amide bonds. The summed E-state index contributed by atoms with van der Waals surface area (Å²) in [4.78, 5) is 0. The largest absolute Gasteiger partial charge is 0.384 e. The molecule has 0 aliphatic rings. The third kappa shape index (κ3) is 2.96. The van der Waals surface area contributed by atoms with Crippen LogP contribution < -0.4 is 0 Å². The van der Waals surface area contributed by atoms with Crippen molar-refractivity contribution in [2.45, 2.75) is 40.7 Å². The smallest absolute Gasteiger partial charge is 0.105 e. The molecule has 0 saturated heterocycles. The molecule has 3 heteroatoms. The van der Waals surface area contributed by atoms with Crippen molar-refractivity contribution < 1.29 is 5.11 Å². The normalized spacial score (nSPS) is 12.6. The Labute approximate surface area is 136 Å². The summed E-state index contributed by atoms with van der Waals surface area (Å²) in [5.74, 6) is 0. The molecule has 112 valence electrons. The van der Waals surface area contributed by atoms with Crippen LogP contribution in [0.4, 0.5) is 0 Å². The van der Waals surface area contributed by atoms with Crippen molar-refractivity contribution in [3.63, 3.8) is 0 Å². The summed E-state index contributed by atoms with van der Waals surface area (Å²) in [6.07, 6.45) is -0.723. The highest BCUT2D eigenvalue weighted by Gasteiger charge is 2.20. The second-order valence-electron chi connectivity index (χ2n) is 5.64. The predicted molar refractivity (Wildman–Crippen MR) is 90.7 cm³/mol. The molecule has 0 aromatic heterocycles. The molecule has 1 atom stereocenters. The zero-order valence-electron chi connectivity index (χ0n) is 13.0. The molecule has 21 heavy (non-hydrogen) atoms. The number of aliphatic hydroxyl groups is 1. The van der Waals surface area contributed by atoms with E-state index in [0.29, 0.717) is 10.0 Å². The van der Waals surface area contributed by atoms with E-state index in [1.54, 1.807) is 18.2 Å². The molecule has 2 rings (SSSR count). The van der Waals surface area contributed by atoms with Gasteiger partial charge >= 0.3 is 0 Å². The molecule has 0 fully saturated rings. The van der Waals surface area contributed by atoms with Gasteiger partial charge < -0.3 is 5.11 Å². The van der Waals surface area contributed by atoms with Gasteiger partial charge in [-0.3, -0.25) is 0 Å². The molecule has 0 aliphatic heterocycles. The topological polar surface area (TPSA) is 20.2 Å². The number of hydrogen-bond acceptors (Lipinski definition) is 1. The highest BCUT2D eigenvalue weighted by molar-refractivity contribution is 6.34. The molecular weight excluding hydrogens is 303 g/mol.